The summed E-state index contributed by atoms with van der Waals surface area (Å²) < 4.78 is 127. The molecule has 5 rings (SSSR count). The second kappa shape index (κ2) is 14.6. The van der Waals surface area contributed by atoms with Crippen molar-refractivity contribution >= 4 is 0 Å². The van der Waals surface area contributed by atoms with E-state index in [-0.39, 0.29) is 35.6 Å². The van der Waals surface area contributed by atoms with E-state index in [2.05, 4.69) is 16.4 Å². The number of hydrogen-bond acceptors (Lipinski definition) is 3. The Labute approximate surface area is 266 Å². The van der Waals surface area contributed by atoms with Crippen LogP contribution in [-0.2, 0) is 10.8 Å². The minimum absolute atomic E-state index is 0.0114. The van der Waals surface area contributed by atoms with Crippen LogP contribution < -0.4 is 9.47 Å². The van der Waals surface area contributed by atoms with Crippen molar-refractivity contribution in [2.24, 2.45) is 5.92 Å². The van der Waals surface area contributed by atoms with E-state index in [1.807, 2.05) is 24.3 Å². The van der Waals surface area contributed by atoms with Crippen LogP contribution in [0.4, 0.5) is 35.1 Å². The quantitative estimate of drug-likeness (QED) is 0.118. The SMILES string of the molecule is CCCCC1CCC(c2ccc(-c3ccc(-c4ccc(C(F)(F)Oc5cc(F)c(OC=C(F)F)c(F)c5)c(F)c4)c(F)c3)cc2)OC1. The van der Waals surface area contributed by atoms with Gasteiger partial charge in [-0.05, 0) is 65.6 Å². The van der Waals surface area contributed by atoms with Crippen molar-refractivity contribution in [1.29, 1.82) is 0 Å². The molecule has 2 unspecified atom stereocenters. The highest BCUT2D eigenvalue weighted by Gasteiger charge is 2.38. The fraction of sp³-hybridized carbons (Fsp3) is 0.278. The van der Waals surface area contributed by atoms with Crippen molar-refractivity contribution < 1.29 is 49.3 Å². The monoisotopic (exact) mass is 662 g/mol. The lowest BCUT2D eigenvalue weighted by Gasteiger charge is -2.29. The molecule has 0 amide bonds. The second-order valence-corrected chi connectivity index (χ2v) is 11.3. The molecule has 0 radical (unpaired) electrons. The van der Waals surface area contributed by atoms with Crippen LogP contribution in [0.25, 0.3) is 22.3 Å². The van der Waals surface area contributed by atoms with E-state index in [4.69, 9.17) is 4.74 Å². The molecule has 0 N–H and O–H groups in total. The highest BCUT2D eigenvalue weighted by Crippen LogP contribution is 2.38. The van der Waals surface area contributed by atoms with Crippen LogP contribution in [0.1, 0.15) is 56.3 Å². The molecule has 47 heavy (non-hydrogen) atoms. The molecule has 11 heteroatoms. The predicted octanol–water partition coefficient (Wildman–Crippen LogP) is 11.5. The molecule has 4 aromatic rings. The third-order valence-corrected chi connectivity index (χ3v) is 8.00. The normalized spacial score (nSPS) is 16.5. The van der Waals surface area contributed by atoms with Crippen LogP contribution in [0.3, 0.4) is 0 Å². The minimum atomic E-state index is -4.43. The first-order valence-electron chi connectivity index (χ1n) is 15.0. The summed E-state index contributed by atoms with van der Waals surface area (Å²) >= 11 is 0. The van der Waals surface area contributed by atoms with E-state index >= 15 is 4.39 Å². The average molecular weight is 663 g/mol. The molecule has 1 aliphatic rings. The minimum Gasteiger partial charge on any atom is -0.453 e. The standard InChI is InChI=1S/C36H30F8O3/c1-2-3-4-21-5-14-33(45-19-21)23-8-6-22(7-9-23)24-10-12-27(29(37)15-24)25-11-13-28(30(38)16-25)36(43,44)47-26-17-31(39)35(32(40)18-26)46-20-34(41)42/h6-13,15-18,20-21,33H,2-5,14,19H2,1H3. The third kappa shape index (κ3) is 8.13. The predicted molar refractivity (Wildman–Crippen MR) is 160 cm³/mol. The van der Waals surface area contributed by atoms with E-state index < -0.39 is 52.5 Å². The fourth-order valence-corrected chi connectivity index (χ4v) is 5.54. The first kappa shape index (κ1) is 34.0. The molecule has 0 spiro atoms. The Hall–Kier alpha value is -4.38. The number of halogens is 8. The summed E-state index contributed by atoms with van der Waals surface area (Å²) in [7, 11) is 0. The Kier molecular flexibility index (Phi) is 10.5. The zero-order valence-corrected chi connectivity index (χ0v) is 25.2. The zero-order chi connectivity index (χ0) is 33.7. The van der Waals surface area contributed by atoms with Crippen LogP contribution in [0.15, 0.2) is 85.1 Å². The molecule has 2 atom stereocenters. The third-order valence-electron chi connectivity index (χ3n) is 8.00. The molecule has 0 aliphatic carbocycles. The molecular formula is C36H30F8O3. The van der Waals surface area contributed by atoms with Gasteiger partial charge in [0.25, 0.3) is 0 Å². The van der Waals surface area contributed by atoms with Crippen molar-refractivity contribution in [3.63, 3.8) is 0 Å². The highest BCUT2D eigenvalue weighted by molar-refractivity contribution is 5.71. The fourth-order valence-electron chi connectivity index (χ4n) is 5.54. The zero-order valence-electron chi connectivity index (χ0n) is 25.2. The number of benzene rings is 4. The Balaban J connectivity index is 1.27. The van der Waals surface area contributed by atoms with Crippen LogP contribution in [0, 0.1) is 29.2 Å². The van der Waals surface area contributed by atoms with Crippen molar-refractivity contribution in [3.8, 4) is 33.8 Å². The highest BCUT2D eigenvalue weighted by atomic mass is 19.3. The lowest BCUT2D eigenvalue weighted by Crippen LogP contribution is -2.23. The second-order valence-electron chi connectivity index (χ2n) is 11.3. The molecule has 0 bridgehead atoms. The summed E-state index contributed by atoms with van der Waals surface area (Å²) in [6.07, 6.45) is -1.46. The van der Waals surface area contributed by atoms with Crippen molar-refractivity contribution in [2.45, 2.75) is 51.2 Å². The topological polar surface area (TPSA) is 27.7 Å². The van der Waals surface area contributed by atoms with E-state index in [1.165, 1.54) is 31.4 Å². The maximum atomic E-state index is 15.2. The Bertz CT molecular complexity index is 1700. The number of hydrogen-bond donors (Lipinski definition) is 0. The van der Waals surface area contributed by atoms with Gasteiger partial charge in [-0.1, -0.05) is 62.2 Å². The van der Waals surface area contributed by atoms with Gasteiger partial charge in [0.2, 0.25) is 0 Å². The Morgan fingerprint density at radius 2 is 1.47 bits per heavy atom. The summed E-state index contributed by atoms with van der Waals surface area (Å²) in [6.45, 7) is 2.91. The average Bonchev–Trinajstić information content (AvgIpc) is 3.03. The summed E-state index contributed by atoms with van der Waals surface area (Å²) in [4.78, 5) is 0. The summed E-state index contributed by atoms with van der Waals surface area (Å²) in [5.74, 6) is -7.18. The first-order valence-corrected chi connectivity index (χ1v) is 15.0. The van der Waals surface area contributed by atoms with Gasteiger partial charge in [-0.25, -0.2) is 17.6 Å². The van der Waals surface area contributed by atoms with Gasteiger partial charge in [-0.3, -0.25) is 0 Å². The van der Waals surface area contributed by atoms with Crippen molar-refractivity contribution in [2.75, 3.05) is 6.61 Å². The van der Waals surface area contributed by atoms with Gasteiger partial charge in [0.1, 0.15) is 17.4 Å². The maximum absolute atomic E-state index is 15.2. The van der Waals surface area contributed by atoms with Gasteiger partial charge in [-0.2, -0.15) is 17.6 Å². The van der Waals surface area contributed by atoms with Gasteiger partial charge in [0.15, 0.2) is 23.6 Å². The van der Waals surface area contributed by atoms with Crippen molar-refractivity contribution in [3.05, 3.63) is 120 Å². The molecule has 4 aromatic carbocycles. The Morgan fingerprint density at radius 1 is 0.809 bits per heavy atom. The summed E-state index contributed by atoms with van der Waals surface area (Å²) in [5, 5.41) is 0. The number of rotatable bonds is 11. The van der Waals surface area contributed by atoms with Crippen LogP contribution in [0.5, 0.6) is 11.5 Å². The van der Waals surface area contributed by atoms with Gasteiger partial charge in [0.05, 0.1) is 18.3 Å². The van der Waals surface area contributed by atoms with E-state index in [1.54, 1.807) is 6.07 Å². The lowest BCUT2D eigenvalue weighted by atomic mass is 9.90. The largest absolute Gasteiger partial charge is 0.453 e. The van der Waals surface area contributed by atoms with Crippen LogP contribution >= 0.6 is 0 Å². The summed E-state index contributed by atoms with van der Waals surface area (Å²) in [6, 6.07) is 14.9. The lowest BCUT2D eigenvalue weighted by molar-refractivity contribution is -0.187. The molecular weight excluding hydrogens is 632 g/mol. The van der Waals surface area contributed by atoms with Gasteiger partial charge in [0, 0.05) is 17.7 Å². The molecule has 1 heterocycles. The molecule has 1 saturated heterocycles. The molecule has 3 nitrogen and oxygen atoms in total. The number of ether oxygens (including phenoxy) is 3. The molecule has 248 valence electrons. The van der Waals surface area contributed by atoms with Crippen LogP contribution in [-0.4, -0.2) is 6.61 Å². The molecule has 0 saturated carbocycles. The van der Waals surface area contributed by atoms with Gasteiger partial charge < -0.3 is 14.2 Å². The maximum Gasteiger partial charge on any atom is 0.429 e. The smallest absolute Gasteiger partial charge is 0.429 e. The first-order chi connectivity index (χ1) is 22.4. The van der Waals surface area contributed by atoms with E-state index in [0.717, 1.165) is 36.6 Å². The Morgan fingerprint density at radius 3 is 2.06 bits per heavy atom. The molecule has 1 aliphatic heterocycles. The van der Waals surface area contributed by atoms with Crippen molar-refractivity contribution in [1.82, 2.24) is 0 Å². The van der Waals surface area contributed by atoms with Gasteiger partial charge in [-0.15, -0.1) is 0 Å². The van der Waals surface area contributed by atoms with E-state index in [0.29, 0.717) is 23.6 Å². The van der Waals surface area contributed by atoms with E-state index in [9.17, 15) is 30.7 Å². The summed E-state index contributed by atoms with van der Waals surface area (Å²) in [5.41, 5.74) is 0.959. The van der Waals surface area contributed by atoms with Crippen LogP contribution in [0.2, 0.25) is 0 Å². The number of unbranched alkanes of at least 4 members (excludes halogenated alkanes) is 1. The molecule has 1 fully saturated rings. The number of alkyl halides is 2. The van der Waals surface area contributed by atoms with Gasteiger partial charge >= 0.3 is 12.2 Å². The molecule has 0 aromatic heterocycles.